The van der Waals surface area contributed by atoms with E-state index >= 15 is 0 Å². The van der Waals surface area contributed by atoms with Crippen LogP contribution in [0, 0.1) is 0 Å². The summed E-state index contributed by atoms with van der Waals surface area (Å²) in [7, 11) is 2.93. The van der Waals surface area contributed by atoms with E-state index in [-0.39, 0.29) is 0 Å². The van der Waals surface area contributed by atoms with Crippen molar-refractivity contribution < 1.29 is 23.9 Å². The van der Waals surface area contributed by atoms with Gasteiger partial charge in [-0.2, -0.15) is 5.10 Å². The van der Waals surface area contributed by atoms with Gasteiger partial charge in [0.05, 0.1) is 31.7 Å². The summed E-state index contributed by atoms with van der Waals surface area (Å²) < 4.78 is 10.0. The van der Waals surface area contributed by atoms with Gasteiger partial charge in [-0.05, 0) is 29.8 Å². The molecule has 2 aromatic rings. The standard InChI is InChI=1S/C22H24N4O5/c1-30-19-6-4-3-5-18(19)25-11-13-26(14-12-25)21(28)20(27)24-23-15-16-7-9-17(10-8-16)22(29)31-2/h3-10,15H,11-14H2,1-2H3,(H,24,27)/b23-15-. The Kier molecular flexibility index (Phi) is 7.21. The summed E-state index contributed by atoms with van der Waals surface area (Å²) in [5.74, 6) is -1.09. The summed E-state index contributed by atoms with van der Waals surface area (Å²) in [6.07, 6.45) is 1.39. The van der Waals surface area contributed by atoms with E-state index in [1.54, 1.807) is 31.4 Å². The Balaban J connectivity index is 1.50. The van der Waals surface area contributed by atoms with Crippen LogP contribution in [0.3, 0.4) is 0 Å². The van der Waals surface area contributed by atoms with E-state index in [1.807, 2.05) is 24.3 Å². The average Bonchev–Trinajstić information content (AvgIpc) is 2.83. The van der Waals surface area contributed by atoms with Crippen LogP contribution in [0.15, 0.2) is 53.6 Å². The SMILES string of the molecule is COC(=O)c1ccc(/C=N\NC(=O)C(=O)N2CCN(c3ccccc3OC)CC2)cc1. The summed E-state index contributed by atoms with van der Waals surface area (Å²) >= 11 is 0. The molecule has 162 valence electrons. The largest absolute Gasteiger partial charge is 0.495 e. The molecule has 0 saturated carbocycles. The number of benzene rings is 2. The van der Waals surface area contributed by atoms with Gasteiger partial charge in [0.25, 0.3) is 0 Å². The number of methoxy groups -OCH3 is 2. The summed E-state index contributed by atoms with van der Waals surface area (Å²) in [6.45, 7) is 2.02. The Morgan fingerprint density at radius 1 is 0.968 bits per heavy atom. The molecule has 1 fully saturated rings. The molecule has 9 nitrogen and oxygen atoms in total. The van der Waals surface area contributed by atoms with Crippen molar-refractivity contribution in [2.75, 3.05) is 45.3 Å². The number of nitrogens with one attached hydrogen (secondary N) is 1. The van der Waals surface area contributed by atoms with E-state index in [0.29, 0.717) is 37.3 Å². The monoisotopic (exact) mass is 424 g/mol. The number of carbonyl (C=O) groups excluding carboxylic acids is 3. The van der Waals surface area contributed by atoms with Crippen LogP contribution in [0.5, 0.6) is 5.75 Å². The first-order chi connectivity index (χ1) is 15.0. The Morgan fingerprint density at radius 3 is 2.29 bits per heavy atom. The number of rotatable bonds is 5. The van der Waals surface area contributed by atoms with Gasteiger partial charge in [-0.25, -0.2) is 10.2 Å². The number of amides is 2. The van der Waals surface area contributed by atoms with Crippen LogP contribution < -0.4 is 15.1 Å². The molecule has 0 radical (unpaired) electrons. The minimum Gasteiger partial charge on any atom is -0.495 e. The number of nitrogens with zero attached hydrogens (tertiary/aromatic N) is 3. The fraction of sp³-hybridized carbons (Fsp3) is 0.273. The third-order valence-corrected chi connectivity index (χ3v) is 4.90. The van der Waals surface area contributed by atoms with Crippen molar-refractivity contribution in [1.29, 1.82) is 0 Å². The van der Waals surface area contributed by atoms with Gasteiger partial charge in [0.15, 0.2) is 0 Å². The van der Waals surface area contributed by atoms with Crippen molar-refractivity contribution in [3.8, 4) is 5.75 Å². The molecule has 2 aromatic carbocycles. The Labute approximate surface area is 180 Å². The van der Waals surface area contributed by atoms with Crippen LogP contribution in [-0.4, -0.2) is 69.3 Å². The molecule has 1 aliphatic rings. The van der Waals surface area contributed by atoms with Gasteiger partial charge in [0.1, 0.15) is 5.75 Å². The fourth-order valence-electron chi connectivity index (χ4n) is 3.22. The van der Waals surface area contributed by atoms with Crippen LogP contribution in [0.1, 0.15) is 15.9 Å². The Hall–Kier alpha value is -3.88. The maximum Gasteiger partial charge on any atom is 0.337 e. The highest BCUT2D eigenvalue weighted by molar-refractivity contribution is 6.35. The van der Waals surface area contributed by atoms with E-state index in [1.165, 1.54) is 18.2 Å². The van der Waals surface area contributed by atoms with Crippen molar-refractivity contribution >= 4 is 29.7 Å². The minimum absolute atomic E-state index is 0.408. The predicted octanol–water partition coefficient (Wildman–Crippen LogP) is 1.28. The lowest BCUT2D eigenvalue weighted by atomic mass is 10.1. The zero-order valence-electron chi connectivity index (χ0n) is 17.4. The minimum atomic E-state index is -0.798. The molecule has 1 N–H and O–H groups in total. The number of carbonyl (C=O) groups is 3. The van der Waals surface area contributed by atoms with Gasteiger partial charge in [-0.15, -0.1) is 0 Å². The molecule has 9 heteroatoms. The average molecular weight is 424 g/mol. The molecular weight excluding hydrogens is 400 g/mol. The number of hydrogen-bond acceptors (Lipinski definition) is 7. The number of para-hydroxylation sites is 2. The predicted molar refractivity (Wildman–Crippen MR) is 115 cm³/mol. The van der Waals surface area contributed by atoms with Crippen molar-refractivity contribution in [2.24, 2.45) is 5.10 Å². The van der Waals surface area contributed by atoms with Gasteiger partial charge in [0.2, 0.25) is 0 Å². The lowest BCUT2D eigenvalue weighted by Gasteiger charge is -2.36. The Bertz CT molecular complexity index is 966. The van der Waals surface area contributed by atoms with Crippen LogP contribution in [0.25, 0.3) is 0 Å². The molecule has 1 saturated heterocycles. The van der Waals surface area contributed by atoms with E-state index in [4.69, 9.17) is 4.74 Å². The fourth-order valence-corrected chi connectivity index (χ4v) is 3.22. The summed E-state index contributed by atoms with van der Waals surface area (Å²) in [6, 6.07) is 14.2. The number of hydrogen-bond donors (Lipinski definition) is 1. The van der Waals surface area contributed by atoms with E-state index in [9.17, 15) is 14.4 Å². The molecule has 0 atom stereocenters. The third-order valence-electron chi connectivity index (χ3n) is 4.90. The second kappa shape index (κ2) is 10.2. The maximum atomic E-state index is 12.4. The molecule has 1 aliphatic heterocycles. The molecule has 2 amide bonds. The van der Waals surface area contributed by atoms with Crippen molar-refractivity contribution in [2.45, 2.75) is 0 Å². The highest BCUT2D eigenvalue weighted by Crippen LogP contribution is 2.28. The molecule has 3 rings (SSSR count). The van der Waals surface area contributed by atoms with Crippen LogP contribution >= 0.6 is 0 Å². The van der Waals surface area contributed by atoms with E-state index in [0.717, 1.165) is 11.4 Å². The van der Waals surface area contributed by atoms with Crippen LogP contribution in [0.4, 0.5) is 5.69 Å². The summed E-state index contributed by atoms with van der Waals surface area (Å²) in [5, 5.41) is 3.82. The summed E-state index contributed by atoms with van der Waals surface area (Å²) in [5.41, 5.74) is 4.28. The van der Waals surface area contributed by atoms with Gasteiger partial charge in [0, 0.05) is 26.2 Å². The molecule has 0 aliphatic carbocycles. The smallest absolute Gasteiger partial charge is 0.337 e. The first-order valence-corrected chi connectivity index (χ1v) is 9.72. The molecule has 0 unspecified atom stereocenters. The topological polar surface area (TPSA) is 101 Å². The molecular formula is C22H24N4O5. The number of anilines is 1. The van der Waals surface area contributed by atoms with Gasteiger partial charge in [-0.3, -0.25) is 9.59 Å². The second-order valence-electron chi connectivity index (χ2n) is 6.76. The van der Waals surface area contributed by atoms with E-state index in [2.05, 4.69) is 20.2 Å². The third kappa shape index (κ3) is 5.39. The zero-order chi connectivity index (χ0) is 22.2. The second-order valence-corrected chi connectivity index (χ2v) is 6.76. The lowest BCUT2D eigenvalue weighted by Crippen LogP contribution is -2.52. The summed E-state index contributed by atoms with van der Waals surface area (Å²) in [4.78, 5) is 39.6. The van der Waals surface area contributed by atoms with E-state index < -0.39 is 17.8 Å². The van der Waals surface area contributed by atoms with Crippen LogP contribution in [-0.2, 0) is 14.3 Å². The van der Waals surface area contributed by atoms with Gasteiger partial charge < -0.3 is 19.3 Å². The molecule has 0 bridgehead atoms. The van der Waals surface area contributed by atoms with Crippen molar-refractivity contribution in [1.82, 2.24) is 10.3 Å². The van der Waals surface area contributed by atoms with Gasteiger partial charge in [-0.1, -0.05) is 24.3 Å². The highest BCUT2D eigenvalue weighted by Gasteiger charge is 2.26. The first-order valence-electron chi connectivity index (χ1n) is 9.72. The number of piperazine rings is 1. The van der Waals surface area contributed by atoms with Gasteiger partial charge >= 0.3 is 17.8 Å². The van der Waals surface area contributed by atoms with Crippen molar-refractivity contribution in [3.05, 3.63) is 59.7 Å². The van der Waals surface area contributed by atoms with Crippen LogP contribution in [0.2, 0.25) is 0 Å². The maximum absolute atomic E-state index is 12.4. The molecule has 0 spiro atoms. The number of esters is 1. The molecule has 31 heavy (non-hydrogen) atoms. The number of ether oxygens (including phenoxy) is 2. The number of hydrazone groups is 1. The first kappa shape index (κ1) is 21.8. The lowest BCUT2D eigenvalue weighted by molar-refractivity contribution is -0.146. The highest BCUT2D eigenvalue weighted by atomic mass is 16.5. The van der Waals surface area contributed by atoms with Crippen molar-refractivity contribution in [3.63, 3.8) is 0 Å². The normalized spacial score (nSPS) is 13.7. The molecule has 0 aromatic heterocycles. The Morgan fingerprint density at radius 2 is 1.65 bits per heavy atom. The zero-order valence-corrected chi connectivity index (χ0v) is 17.4. The quantitative estimate of drug-likeness (QED) is 0.336. The molecule has 1 heterocycles.